The van der Waals surface area contributed by atoms with E-state index >= 15 is 0 Å². The summed E-state index contributed by atoms with van der Waals surface area (Å²) in [6, 6.07) is 9.49. The summed E-state index contributed by atoms with van der Waals surface area (Å²) >= 11 is 0. The van der Waals surface area contributed by atoms with Crippen LogP contribution in [0.5, 0.6) is 0 Å². The monoisotopic (exact) mass is 343 g/mol. The third-order valence-electron chi connectivity index (χ3n) is 5.31. The molecule has 0 N–H and O–H groups in total. The molecule has 2 fully saturated rings. The number of cyclic esters (lactones) is 1. The zero-order valence-corrected chi connectivity index (χ0v) is 14.6. The van der Waals surface area contributed by atoms with E-state index in [1.165, 1.54) is 11.8 Å². The Morgan fingerprint density at radius 1 is 1.20 bits per heavy atom. The van der Waals surface area contributed by atoms with Crippen molar-refractivity contribution < 1.29 is 19.1 Å². The van der Waals surface area contributed by atoms with Crippen LogP contribution < -0.4 is 0 Å². The maximum atomic E-state index is 13.2. The average molecular weight is 343 g/mol. The number of ketones is 1. The largest absolute Gasteiger partial charge is 0.447 e. The predicted octanol–water partition coefficient (Wildman–Crippen LogP) is 3.36. The van der Waals surface area contributed by atoms with Crippen molar-refractivity contribution in [3.8, 4) is 0 Å². The van der Waals surface area contributed by atoms with Gasteiger partial charge in [-0.05, 0) is 37.7 Å². The summed E-state index contributed by atoms with van der Waals surface area (Å²) in [6.07, 6.45) is 4.30. The van der Waals surface area contributed by atoms with Gasteiger partial charge in [0.2, 0.25) is 5.91 Å². The van der Waals surface area contributed by atoms with E-state index < -0.39 is 12.0 Å². The molecule has 1 aromatic carbocycles. The predicted molar refractivity (Wildman–Crippen MR) is 92.9 cm³/mol. The molecule has 0 radical (unpaired) electrons. The van der Waals surface area contributed by atoms with Gasteiger partial charge in [0.15, 0.2) is 0 Å². The zero-order valence-electron chi connectivity index (χ0n) is 14.6. The lowest BCUT2D eigenvalue weighted by atomic mass is 9.85. The van der Waals surface area contributed by atoms with Crippen molar-refractivity contribution in [3.05, 3.63) is 35.9 Å². The van der Waals surface area contributed by atoms with Crippen LogP contribution in [0.1, 0.15) is 44.6 Å². The molecule has 3 rings (SSSR count). The molecule has 2 aliphatic rings. The summed E-state index contributed by atoms with van der Waals surface area (Å²) in [5.74, 6) is -0.436. The van der Waals surface area contributed by atoms with E-state index in [0.717, 1.165) is 31.2 Å². The van der Waals surface area contributed by atoms with E-state index in [-0.39, 0.29) is 36.7 Å². The van der Waals surface area contributed by atoms with Gasteiger partial charge in [-0.1, -0.05) is 43.2 Å². The molecule has 2 unspecified atom stereocenters. The fraction of sp³-hybridized carbons (Fsp3) is 0.550. The number of nitrogens with zero attached hydrogens (tertiary/aromatic N) is 1. The summed E-state index contributed by atoms with van der Waals surface area (Å²) in [5.41, 5.74) is 1.06. The van der Waals surface area contributed by atoms with Gasteiger partial charge in [0.1, 0.15) is 12.4 Å². The second-order valence-corrected chi connectivity index (χ2v) is 7.19. The first-order valence-electron chi connectivity index (χ1n) is 9.09. The molecule has 25 heavy (non-hydrogen) atoms. The van der Waals surface area contributed by atoms with Crippen molar-refractivity contribution in [2.45, 2.75) is 51.5 Å². The number of ether oxygens (including phenoxy) is 1. The highest BCUT2D eigenvalue weighted by molar-refractivity contribution is 5.96. The Morgan fingerprint density at radius 2 is 1.88 bits per heavy atom. The van der Waals surface area contributed by atoms with E-state index in [9.17, 15) is 14.4 Å². The lowest BCUT2D eigenvalue weighted by Crippen LogP contribution is -2.45. The summed E-state index contributed by atoms with van der Waals surface area (Å²) in [7, 11) is 0. The van der Waals surface area contributed by atoms with Gasteiger partial charge in [-0.3, -0.25) is 4.79 Å². The van der Waals surface area contributed by atoms with E-state index in [0.29, 0.717) is 6.42 Å². The average Bonchev–Trinajstić information content (AvgIpc) is 3.23. The Kier molecular flexibility index (Phi) is 5.51. The molecule has 0 bridgehead atoms. The molecule has 134 valence electrons. The van der Waals surface area contributed by atoms with E-state index in [2.05, 4.69) is 0 Å². The third kappa shape index (κ3) is 4.09. The molecule has 5 nitrogen and oxygen atoms in total. The van der Waals surface area contributed by atoms with Gasteiger partial charge in [0.05, 0.1) is 6.04 Å². The normalized spacial score (nSPS) is 22.0. The Labute approximate surface area is 148 Å². The maximum Gasteiger partial charge on any atom is 0.416 e. The van der Waals surface area contributed by atoms with Crippen LogP contribution in [0.3, 0.4) is 0 Å². The molecule has 1 saturated carbocycles. The highest BCUT2D eigenvalue weighted by atomic mass is 16.6. The molecule has 0 aromatic heterocycles. The van der Waals surface area contributed by atoms with Crippen LogP contribution in [0.15, 0.2) is 30.3 Å². The van der Waals surface area contributed by atoms with Crippen LogP contribution in [-0.4, -0.2) is 35.3 Å². The molecule has 1 aliphatic heterocycles. The molecular formula is C20H25NO4. The number of rotatable bonds is 6. The van der Waals surface area contributed by atoms with Crippen molar-refractivity contribution in [3.63, 3.8) is 0 Å². The summed E-state index contributed by atoms with van der Waals surface area (Å²) in [5, 5.41) is 0. The van der Waals surface area contributed by atoms with Crippen molar-refractivity contribution in [1.82, 2.24) is 4.90 Å². The summed E-state index contributed by atoms with van der Waals surface area (Å²) in [6.45, 7) is 1.73. The minimum absolute atomic E-state index is 0.00239. The topological polar surface area (TPSA) is 63.7 Å². The molecule has 2 amide bonds. The molecule has 2 atom stereocenters. The Balaban J connectivity index is 1.78. The molecule has 0 spiro atoms. The highest BCUT2D eigenvalue weighted by Gasteiger charge is 2.43. The maximum absolute atomic E-state index is 13.2. The number of carbonyl (C=O) groups excluding carboxylic acids is 3. The second kappa shape index (κ2) is 7.81. The Morgan fingerprint density at radius 3 is 2.52 bits per heavy atom. The smallest absolute Gasteiger partial charge is 0.416 e. The van der Waals surface area contributed by atoms with Crippen LogP contribution >= 0.6 is 0 Å². The van der Waals surface area contributed by atoms with Gasteiger partial charge in [-0.25, -0.2) is 9.69 Å². The first-order chi connectivity index (χ1) is 12.1. The Hall–Kier alpha value is -2.17. The molecular weight excluding hydrogens is 318 g/mol. The minimum Gasteiger partial charge on any atom is -0.447 e. The van der Waals surface area contributed by atoms with Gasteiger partial charge in [-0.2, -0.15) is 0 Å². The number of carbonyl (C=O) groups is 3. The number of Topliss-reactive ketones (excluding diaryl/α,β-unsaturated/α-hetero) is 1. The van der Waals surface area contributed by atoms with Gasteiger partial charge in [0.25, 0.3) is 0 Å². The third-order valence-corrected chi connectivity index (χ3v) is 5.31. The molecule has 1 aliphatic carbocycles. The molecule has 1 saturated heterocycles. The number of hydrogen-bond acceptors (Lipinski definition) is 4. The Bertz CT molecular complexity index is 636. The SMILES string of the molecule is CC(=O)CC(C(=O)N1C(=O)OCC1Cc1ccccc1)C1CCCC1. The number of amides is 2. The number of imide groups is 1. The van der Waals surface area contributed by atoms with E-state index in [4.69, 9.17) is 4.74 Å². The van der Waals surface area contributed by atoms with Crippen LogP contribution in [0.2, 0.25) is 0 Å². The fourth-order valence-corrected chi connectivity index (χ4v) is 4.07. The first kappa shape index (κ1) is 17.6. The van der Waals surface area contributed by atoms with Gasteiger partial charge >= 0.3 is 6.09 Å². The standard InChI is InChI=1S/C20H25NO4/c1-14(22)11-18(16-9-5-6-10-16)19(23)21-17(13-25-20(21)24)12-15-7-3-2-4-8-15/h2-4,7-8,16-18H,5-6,9-13H2,1H3. The van der Waals surface area contributed by atoms with Crippen molar-refractivity contribution >= 4 is 17.8 Å². The second-order valence-electron chi connectivity index (χ2n) is 7.19. The summed E-state index contributed by atoms with van der Waals surface area (Å²) in [4.78, 5) is 38.3. The van der Waals surface area contributed by atoms with Crippen molar-refractivity contribution in [1.29, 1.82) is 0 Å². The highest BCUT2D eigenvalue weighted by Crippen LogP contribution is 2.35. The van der Waals surface area contributed by atoms with Gasteiger partial charge in [0, 0.05) is 12.3 Å². The molecule has 1 aromatic rings. The van der Waals surface area contributed by atoms with E-state index in [1.807, 2.05) is 30.3 Å². The van der Waals surface area contributed by atoms with Crippen LogP contribution in [-0.2, 0) is 20.7 Å². The minimum atomic E-state index is -0.572. The summed E-state index contributed by atoms with van der Waals surface area (Å²) < 4.78 is 5.17. The fourth-order valence-electron chi connectivity index (χ4n) is 4.07. The number of benzene rings is 1. The quantitative estimate of drug-likeness (QED) is 0.794. The van der Waals surface area contributed by atoms with Crippen LogP contribution in [0, 0.1) is 11.8 Å². The van der Waals surface area contributed by atoms with Crippen molar-refractivity contribution in [2.75, 3.05) is 6.61 Å². The lowest BCUT2D eigenvalue weighted by molar-refractivity contribution is -0.137. The zero-order chi connectivity index (χ0) is 17.8. The van der Waals surface area contributed by atoms with Gasteiger partial charge in [-0.15, -0.1) is 0 Å². The molecule has 1 heterocycles. The molecule has 5 heteroatoms. The first-order valence-corrected chi connectivity index (χ1v) is 9.09. The van der Waals surface area contributed by atoms with Crippen molar-refractivity contribution in [2.24, 2.45) is 11.8 Å². The lowest BCUT2D eigenvalue weighted by Gasteiger charge is -2.28. The van der Waals surface area contributed by atoms with Crippen LogP contribution in [0.25, 0.3) is 0 Å². The van der Waals surface area contributed by atoms with E-state index in [1.54, 1.807) is 0 Å². The van der Waals surface area contributed by atoms with Crippen LogP contribution in [0.4, 0.5) is 4.79 Å². The van der Waals surface area contributed by atoms with Gasteiger partial charge < -0.3 is 9.53 Å². The number of hydrogen-bond donors (Lipinski definition) is 0.